The van der Waals surface area contributed by atoms with E-state index in [4.69, 9.17) is 11.6 Å². The molecular formula is C15H18ClFO. The minimum Gasteiger partial charge on any atom is -0.388 e. The minimum absolute atomic E-state index is 0.0968. The van der Waals surface area contributed by atoms with Crippen molar-refractivity contribution in [2.24, 2.45) is 17.8 Å². The highest BCUT2D eigenvalue weighted by Crippen LogP contribution is 2.51. The molecule has 0 aliphatic heterocycles. The fraction of sp³-hybridized carbons (Fsp3) is 0.600. The highest BCUT2D eigenvalue weighted by atomic mass is 35.5. The summed E-state index contributed by atoms with van der Waals surface area (Å²) in [4.78, 5) is 0. The zero-order valence-electron chi connectivity index (χ0n) is 10.3. The fourth-order valence-electron chi connectivity index (χ4n) is 3.86. The molecule has 4 unspecified atom stereocenters. The Morgan fingerprint density at radius 2 is 2.17 bits per heavy atom. The van der Waals surface area contributed by atoms with Crippen LogP contribution in [0, 0.1) is 23.6 Å². The topological polar surface area (TPSA) is 20.2 Å². The van der Waals surface area contributed by atoms with Gasteiger partial charge in [0.05, 0.1) is 11.1 Å². The molecule has 4 atom stereocenters. The van der Waals surface area contributed by atoms with Crippen molar-refractivity contribution in [2.75, 3.05) is 0 Å². The lowest BCUT2D eigenvalue weighted by atomic mass is 9.83. The zero-order chi connectivity index (χ0) is 12.7. The summed E-state index contributed by atoms with van der Waals surface area (Å²) in [7, 11) is 0. The van der Waals surface area contributed by atoms with Crippen LogP contribution in [0.2, 0.25) is 5.02 Å². The van der Waals surface area contributed by atoms with Crippen LogP contribution in [0.15, 0.2) is 18.2 Å². The lowest BCUT2D eigenvalue weighted by Gasteiger charge is -2.24. The summed E-state index contributed by atoms with van der Waals surface area (Å²) in [5.74, 6) is 1.72. The fourth-order valence-corrected chi connectivity index (χ4v) is 4.04. The van der Waals surface area contributed by atoms with Crippen LogP contribution in [0.5, 0.6) is 0 Å². The van der Waals surface area contributed by atoms with Gasteiger partial charge >= 0.3 is 0 Å². The molecule has 1 aromatic carbocycles. The van der Waals surface area contributed by atoms with Gasteiger partial charge in [0, 0.05) is 5.56 Å². The van der Waals surface area contributed by atoms with E-state index in [9.17, 15) is 9.50 Å². The average molecular weight is 269 g/mol. The molecule has 18 heavy (non-hydrogen) atoms. The van der Waals surface area contributed by atoms with Gasteiger partial charge in [-0.2, -0.15) is 0 Å². The third-order valence-electron chi connectivity index (χ3n) is 4.75. The van der Waals surface area contributed by atoms with Crippen molar-refractivity contribution in [1.29, 1.82) is 0 Å². The van der Waals surface area contributed by atoms with E-state index in [1.54, 1.807) is 12.1 Å². The van der Waals surface area contributed by atoms with Gasteiger partial charge in [0.25, 0.3) is 0 Å². The normalized spacial score (nSPS) is 31.8. The molecule has 98 valence electrons. The Labute approximate surface area is 112 Å². The van der Waals surface area contributed by atoms with Gasteiger partial charge in [-0.3, -0.25) is 0 Å². The zero-order valence-corrected chi connectivity index (χ0v) is 11.0. The Hall–Kier alpha value is -0.600. The molecule has 1 N–H and O–H groups in total. The Balaban J connectivity index is 1.71. The maximum atomic E-state index is 13.8. The second-order valence-corrected chi connectivity index (χ2v) is 6.24. The monoisotopic (exact) mass is 268 g/mol. The third kappa shape index (κ3) is 2.17. The first-order valence-corrected chi connectivity index (χ1v) is 7.15. The predicted molar refractivity (Wildman–Crippen MR) is 69.9 cm³/mol. The summed E-state index contributed by atoms with van der Waals surface area (Å²) in [5, 5.41) is 10.3. The van der Waals surface area contributed by atoms with Gasteiger partial charge in [-0.1, -0.05) is 30.2 Å². The molecule has 2 aliphatic carbocycles. The lowest BCUT2D eigenvalue weighted by Crippen LogP contribution is -2.15. The molecule has 0 radical (unpaired) electrons. The van der Waals surface area contributed by atoms with Crippen molar-refractivity contribution in [3.63, 3.8) is 0 Å². The summed E-state index contributed by atoms with van der Waals surface area (Å²) in [5.41, 5.74) is 0.352. The van der Waals surface area contributed by atoms with Crippen LogP contribution in [-0.4, -0.2) is 5.11 Å². The molecule has 2 saturated carbocycles. The molecule has 1 nitrogen and oxygen atoms in total. The van der Waals surface area contributed by atoms with Gasteiger partial charge in [0.1, 0.15) is 5.82 Å². The molecule has 0 aromatic heterocycles. The average Bonchev–Trinajstić information content (AvgIpc) is 2.94. The summed E-state index contributed by atoms with van der Waals surface area (Å²) < 4.78 is 13.8. The van der Waals surface area contributed by atoms with Gasteiger partial charge in [-0.15, -0.1) is 0 Å². The summed E-state index contributed by atoms with van der Waals surface area (Å²) >= 11 is 5.75. The van der Waals surface area contributed by atoms with Crippen molar-refractivity contribution in [2.45, 2.75) is 38.2 Å². The van der Waals surface area contributed by atoms with E-state index in [1.807, 2.05) is 0 Å². The number of rotatable bonds is 3. The molecule has 0 spiro atoms. The van der Waals surface area contributed by atoms with E-state index in [0.717, 1.165) is 11.8 Å². The van der Waals surface area contributed by atoms with Crippen LogP contribution in [0.4, 0.5) is 4.39 Å². The van der Waals surface area contributed by atoms with Gasteiger partial charge < -0.3 is 5.11 Å². The van der Waals surface area contributed by atoms with E-state index in [1.165, 1.54) is 31.7 Å². The van der Waals surface area contributed by atoms with Crippen LogP contribution < -0.4 is 0 Å². The number of benzene rings is 1. The maximum Gasteiger partial charge on any atom is 0.147 e. The van der Waals surface area contributed by atoms with E-state index in [-0.39, 0.29) is 5.02 Å². The Kier molecular flexibility index (Phi) is 3.33. The Bertz CT molecular complexity index is 448. The van der Waals surface area contributed by atoms with Gasteiger partial charge in [0.2, 0.25) is 0 Å². The quantitative estimate of drug-likeness (QED) is 0.865. The van der Waals surface area contributed by atoms with E-state index >= 15 is 0 Å². The molecule has 0 heterocycles. The van der Waals surface area contributed by atoms with E-state index < -0.39 is 11.9 Å². The third-order valence-corrected chi connectivity index (χ3v) is 5.04. The SMILES string of the molecule is OC(CC1CC2CCC1C2)c1cccc(Cl)c1F. The molecule has 2 fully saturated rings. The number of hydrogen-bond donors (Lipinski definition) is 1. The highest BCUT2D eigenvalue weighted by Gasteiger charge is 2.40. The first-order valence-electron chi connectivity index (χ1n) is 6.77. The van der Waals surface area contributed by atoms with E-state index in [2.05, 4.69) is 0 Å². The first kappa shape index (κ1) is 12.4. The smallest absolute Gasteiger partial charge is 0.147 e. The number of aliphatic hydroxyl groups excluding tert-OH is 1. The second kappa shape index (κ2) is 4.82. The van der Waals surface area contributed by atoms with Gasteiger partial charge in [0.15, 0.2) is 0 Å². The molecular weight excluding hydrogens is 251 g/mol. The molecule has 0 amide bonds. The maximum absolute atomic E-state index is 13.8. The number of halogens is 2. The van der Waals surface area contributed by atoms with Crippen LogP contribution >= 0.6 is 11.6 Å². The molecule has 1 aromatic rings. The minimum atomic E-state index is -0.715. The van der Waals surface area contributed by atoms with E-state index in [0.29, 0.717) is 17.9 Å². The first-order chi connectivity index (χ1) is 8.65. The lowest BCUT2D eigenvalue weighted by molar-refractivity contribution is 0.122. The molecule has 3 heteroatoms. The molecule has 3 rings (SSSR count). The summed E-state index contributed by atoms with van der Waals surface area (Å²) in [6.45, 7) is 0. The summed E-state index contributed by atoms with van der Waals surface area (Å²) in [6.07, 6.45) is 5.13. The van der Waals surface area contributed by atoms with Crippen molar-refractivity contribution in [3.8, 4) is 0 Å². The predicted octanol–water partition coefficient (Wildman–Crippen LogP) is 4.34. The van der Waals surface area contributed by atoms with Crippen LogP contribution in [0.25, 0.3) is 0 Å². The van der Waals surface area contributed by atoms with Crippen molar-refractivity contribution in [1.82, 2.24) is 0 Å². The second-order valence-electron chi connectivity index (χ2n) is 5.83. The highest BCUT2D eigenvalue weighted by molar-refractivity contribution is 6.30. The summed E-state index contributed by atoms with van der Waals surface area (Å²) in [6, 6.07) is 4.86. The Morgan fingerprint density at radius 3 is 2.83 bits per heavy atom. The number of fused-ring (bicyclic) bond motifs is 2. The van der Waals surface area contributed by atoms with Gasteiger partial charge in [-0.05, 0) is 49.5 Å². The molecule has 0 saturated heterocycles. The largest absolute Gasteiger partial charge is 0.388 e. The van der Waals surface area contributed by atoms with Gasteiger partial charge in [-0.25, -0.2) is 4.39 Å². The molecule has 2 bridgehead atoms. The van der Waals surface area contributed by atoms with Crippen molar-refractivity contribution in [3.05, 3.63) is 34.6 Å². The molecule has 2 aliphatic rings. The van der Waals surface area contributed by atoms with Crippen LogP contribution in [-0.2, 0) is 0 Å². The van der Waals surface area contributed by atoms with Crippen LogP contribution in [0.3, 0.4) is 0 Å². The van der Waals surface area contributed by atoms with Crippen molar-refractivity contribution >= 4 is 11.6 Å². The number of hydrogen-bond acceptors (Lipinski definition) is 1. The number of aliphatic hydroxyl groups is 1. The standard InChI is InChI=1S/C15H18ClFO/c16-13-3-1-2-12(15(13)17)14(18)8-11-7-9-4-5-10(11)6-9/h1-3,9-11,14,18H,4-8H2. The van der Waals surface area contributed by atoms with Crippen LogP contribution in [0.1, 0.15) is 43.8 Å². The Morgan fingerprint density at radius 1 is 1.33 bits per heavy atom. The van der Waals surface area contributed by atoms with Crippen molar-refractivity contribution < 1.29 is 9.50 Å².